The van der Waals surface area contributed by atoms with Crippen LogP contribution in [0.25, 0.3) is 5.69 Å². The van der Waals surface area contributed by atoms with Crippen LogP contribution in [0.5, 0.6) is 11.5 Å². The molecule has 4 aromatic rings. The molecule has 7 heteroatoms. The molecule has 0 unspecified atom stereocenters. The predicted octanol–water partition coefficient (Wildman–Crippen LogP) is 5.95. The van der Waals surface area contributed by atoms with Crippen molar-refractivity contribution in [2.24, 2.45) is 5.41 Å². The molecule has 39 heavy (non-hydrogen) atoms. The molecule has 1 aromatic heterocycles. The van der Waals surface area contributed by atoms with Crippen LogP contribution in [0.3, 0.4) is 0 Å². The Bertz CT molecular complexity index is 1630. The van der Waals surface area contributed by atoms with Crippen LogP contribution < -0.4 is 20.3 Å². The maximum atomic E-state index is 13.9. The smallest absolute Gasteiger partial charge is 0.277 e. The maximum absolute atomic E-state index is 13.9. The number of methoxy groups -OCH3 is 1. The fourth-order valence-electron chi connectivity index (χ4n) is 5.70. The Morgan fingerprint density at radius 3 is 2.36 bits per heavy atom. The minimum Gasteiger partial charge on any atom is -0.493 e. The first-order valence-corrected chi connectivity index (χ1v) is 13.1. The number of aromatic amines is 1. The molecule has 1 aliphatic heterocycles. The zero-order valence-corrected chi connectivity index (χ0v) is 22.3. The van der Waals surface area contributed by atoms with Gasteiger partial charge < -0.3 is 14.8 Å². The van der Waals surface area contributed by atoms with Crippen LogP contribution in [-0.2, 0) is 11.4 Å². The van der Waals surface area contributed by atoms with Gasteiger partial charge in [-0.25, -0.2) is 4.68 Å². The highest BCUT2D eigenvalue weighted by Crippen LogP contribution is 2.48. The number of allylic oxidation sites excluding steroid dienone is 2. The topological polar surface area (TPSA) is 85.4 Å². The summed E-state index contributed by atoms with van der Waals surface area (Å²) in [7, 11) is 1.60. The van der Waals surface area contributed by atoms with Crippen molar-refractivity contribution in [3.63, 3.8) is 0 Å². The lowest BCUT2D eigenvalue weighted by molar-refractivity contribution is -0.118. The first-order chi connectivity index (χ1) is 18.8. The van der Waals surface area contributed by atoms with Gasteiger partial charge in [0.25, 0.3) is 5.56 Å². The Morgan fingerprint density at radius 2 is 1.64 bits per heavy atom. The van der Waals surface area contributed by atoms with Crippen molar-refractivity contribution in [2.45, 2.75) is 39.2 Å². The molecule has 0 saturated carbocycles. The minimum absolute atomic E-state index is 0.0552. The van der Waals surface area contributed by atoms with Gasteiger partial charge in [-0.15, -0.1) is 0 Å². The van der Waals surface area contributed by atoms with Gasteiger partial charge in [-0.05, 0) is 47.2 Å². The lowest BCUT2D eigenvalue weighted by Crippen LogP contribution is -2.35. The van der Waals surface area contributed by atoms with E-state index in [1.165, 1.54) is 4.68 Å². The van der Waals surface area contributed by atoms with E-state index < -0.39 is 5.92 Å². The van der Waals surface area contributed by atoms with Crippen LogP contribution in [0.1, 0.15) is 49.3 Å². The highest BCUT2D eigenvalue weighted by Gasteiger charge is 2.43. The lowest BCUT2D eigenvalue weighted by atomic mass is 9.69. The quantitative estimate of drug-likeness (QED) is 0.327. The van der Waals surface area contributed by atoms with Crippen LogP contribution in [0.15, 0.2) is 94.9 Å². The number of carbonyl (C=O) groups excluding carboxylic acids is 1. The Kier molecular flexibility index (Phi) is 6.14. The van der Waals surface area contributed by atoms with Crippen LogP contribution in [0, 0.1) is 5.41 Å². The molecule has 1 atom stereocenters. The van der Waals surface area contributed by atoms with Gasteiger partial charge in [0.1, 0.15) is 12.4 Å². The van der Waals surface area contributed by atoms with Crippen molar-refractivity contribution in [1.82, 2.24) is 9.78 Å². The second kappa shape index (κ2) is 9.66. The molecule has 0 amide bonds. The number of Topliss-reactive ketones (excluding diaryl/α,β-unsaturated/α-hetero) is 1. The molecule has 7 nitrogen and oxygen atoms in total. The Labute approximate surface area is 227 Å². The molecule has 0 saturated heterocycles. The van der Waals surface area contributed by atoms with Crippen LogP contribution >= 0.6 is 0 Å². The number of fused-ring (bicyclic) bond motifs is 1. The van der Waals surface area contributed by atoms with E-state index in [0.29, 0.717) is 47.9 Å². The van der Waals surface area contributed by atoms with E-state index >= 15 is 0 Å². The Morgan fingerprint density at radius 1 is 0.923 bits per heavy atom. The molecular weight excluding hydrogens is 490 g/mol. The number of carbonyl (C=O) groups is 1. The Balaban J connectivity index is 1.46. The first-order valence-electron chi connectivity index (χ1n) is 13.1. The van der Waals surface area contributed by atoms with Gasteiger partial charge in [0.15, 0.2) is 17.3 Å². The maximum Gasteiger partial charge on any atom is 0.277 e. The Hall–Kier alpha value is -4.52. The third-order valence-electron chi connectivity index (χ3n) is 7.47. The summed E-state index contributed by atoms with van der Waals surface area (Å²) in [5.41, 5.74) is 4.23. The number of ketones is 1. The number of rotatable bonds is 6. The van der Waals surface area contributed by atoms with E-state index in [1.54, 1.807) is 7.11 Å². The molecule has 2 N–H and O–H groups in total. The summed E-state index contributed by atoms with van der Waals surface area (Å²) in [6.45, 7) is 4.60. The summed E-state index contributed by atoms with van der Waals surface area (Å²) in [4.78, 5) is 27.5. The molecule has 0 spiro atoms. The predicted molar refractivity (Wildman–Crippen MR) is 151 cm³/mol. The fourth-order valence-corrected chi connectivity index (χ4v) is 5.70. The summed E-state index contributed by atoms with van der Waals surface area (Å²) in [5, 5.41) is 6.68. The second-order valence-electron chi connectivity index (χ2n) is 11.0. The lowest BCUT2D eigenvalue weighted by Gasteiger charge is -2.38. The van der Waals surface area contributed by atoms with Crippen molar-refractivity contribution in [2.75, 3.05) is 12.4 Å². The molecule has 3 aromatic carbocycles. The summed E-state index contributed by atoms with van der Waals surface area (Å²) in [6.07, 6.45) is 1.13. The number of para-hydroxylation sites is 1. The van der Waals surface area contributed by atoms with Crippen LogP contribution in [-0.4, -0.2) is 22.7 Å². The summed E-state index contributed by atoms with van der Waals surface area (Å²) in [6, 6.07) is 25.0. The summed E-state index contributed by atoms with van der Waals surface area (Å²) >= 11 is 0. The molecule has 0 bridgehead atoms. The average molecular weight is 522 g/mol. The fraction of sp³-hybridized carbons (Fsp3) is 0.250. The molecule has 198 valence electrons. The standard InChI is InChI=1S/C32H31N3O4/c1-32(2)17-23-28(24(36)18-32)27(29-30(33-23)34-35(31(29)37)22-12-8-5-9-13-22)21-14-15-25(26(16-21)38-3)39-19-20-10-6-4-7-11-20/h4-16,27,33-34H,17-19H2,1-3H3/t27-/m1/s1. The molecule has 2 aliphatic rings. The molecule has 0 radical (unpaired) electrons. The number of nitrogens with one attached hydrogen (secondary N) is 2. The third-order valence-corrected chi connectivity index (χ3v) is 7.47. The van der Waals surface area contributed by atoms with E-state index in [4.69, 9.17) is 9.47 Å². The number of anilines is 1. The molecule has 1 aliphatic carbocycles. The number of H-pyrrole nitrogens is 1. The van der Waals surface area contributed by atoms with Crippen molar-refractivity contribution < 1.29 is 14.3 Å². The first kappa shape index (κ1) is 24.8. The normalized spacial score (nSPS) is 17.7. The zero-order valence-electron chi connectivity index (χ0n) is 22.3. The number of ether oxygens (including phenoxy) is 2. The summed E-state index contributed by atoms with van der Waals surface area (Å²) in [5.74, 6) is 1.28. The number of hydrogen-bond acceptors (Lipinski definition) is 5. The molecule has 0 fully saturated rings. The van der Waals surface area contributed by atoms with E-state index in [0.717, 1.165) is 22.5 Å². The van der Waals surface area contributed by atoms with Crippen molar-refractivity contribution >= 4 is 11.6 Å². The van der Waals surface area contributed by atoms with Gasteiger partial charge in [0, 0.05) is 23.6 Å². The average Bonchev–Trinajstić information content (AvgIpc) is 3.26. The number of aromatic nitrogens is 2. The molecular formula is C32H31N3O4. The van der Waals surface area contributed by atoms with Gasteiger partial charge in [0.2, 0.25) is 0 Å². The van der Waals surface area contributed by atoms with E-state index in [1.807, 2.05) is 78.9 Å². The SMILES string of the molecule is COc1cc([C@@H]2C3=C(CC(C)(C)CC3=O)Nc3[nH]n(-c4ccccc4)c(=O)c32)ccc1OCc1ccccc1. The van der Waals surface area contributed by atoms with Gasteiger partial charge in [-0.3, -0.25) is 14.7 Å². The van der Waals surface area contributed by atoms with E-state index in [9.17, 15) is 9.59 Å². The second-order valence-corrected chi connectivity index (χ2v) is 11.0. The van der Waals surface area contributed by atoms with Gasteiger partial charge in [-0.1, -0.05) is 68.4 Å². The monoisotopic (exact) mass is 521 g/mol. The van der Waals surface area contributed by atoms with Crippen LogP contribution in [0.2, 0.25) is 0 Å². The van der Waals surface area contributed by atoms with E-state index in [-0.39, 0.29) is 16.8 Å². The van der Waals surface area contributed by atoms with Crippen molar-refractivity contribution in [1.29, 1.82) is 0 Å². The molecule has 2 heterocycles. The van der Waals surface area contributed by atoms with Crippen molar-refractivity contribution in [3.05, 3.63) is 117 Å². The van der Waals surface area contributed by atoms with Gasteiger partial charge >= 0.3 is 0 Å². The van der Waals surface area contributed by atoms with Crippen molar-refractivity contribution in [3.8, 4) is 17.2 Å². The summed E-state index contributed by atoms with van der Waals surface area (Å²) < 4.78 is 13.3. The van der Waals surface area contributed by atoms with Crippen LogP contribution in [0.4, 0.5) is 5.82 Å². The van der Waals surface area contributed by atoms with Gasteiger partial charge in [0.05, 0.1) is 18.4 Å². The van der Waals surface area contributed by atoms with E-state index in [2.05, 4.69) is 24.3 Å². The number of benzene rings is 3. The highest BCUT2D eigenvalue weighted by atomic mass is 16.5. The molecule has 6 rings (SSSR count). The largest absolute Gasteiger partial charge is 0.493 e. The minimum atomic E-state index is -0.536. The third kappa shape index (κ3) is 4.54. The number of nitrogens with zero attached hydrogens (tertiary/aromatic N) is 1. The van der Waals surface area contributed by atoms with Gasteiger partial charge in [-0.2, -0.15) is 0 Å². The zero-order chi connectivity index (χ0) is 27.1. The number of hydrogen-bond donors (Lipinski definition) is 2. The highest BCUT2D eigenvalue weighted by molar-refractivity contribution is 6.01.